The number of nitrogens with one attached hydrogen (secondary N) is 2. The van der Waals surface area contributed by atoms with Crippen LogP contribution >= 0.6 is 0 Å². The lowest BCUT2D eigenvalue weighted by Crippen LogP contribution is -2.39. The zero-order valence-corrected chi connectivity index (χ0v) is 11.6. The molecule has 3 rings (SSSR count). The number of fused-ring (bicyclic) bond motifs is 1. The highest BCUT2D eigenvalue weighted by Gasteiger charge is 2.71. The van der Waals surface area contributed by atoms with Gasteiger partial charge in [0.2, 0.25) is 0 Å². The molecule has 110 valence electrons. The molecule has 0 spiro atoms. The molecule has 1 amide bonds. The van der Waals surface area contributed by atoms with Crippen LogP contribution in [0, 0.1) is 11.8 Å². The van der Waals surface area contributed by atoms with Gasteiger partial charge in [0, 0.05) is 12.0 Å². The van der Waals surface area contributed by atoms with Gasteiger partial charge in [-0.15, -0.1) is 0 Å². The molecule has 1 aromatic heterocycles. The SMILES string of the molecule is CC(C)c1[nH]ncc1C(=O)NC1CCCC2C1C2(F)F. The first-order chi connectivity index (χ1) is 9.43. The molecule has 0 aromatic carbocycles. The Morgan fingerprint density at radius 1 is 1.50 bits per heavy atom. The molecule has 0 saturated heterocycles. The molecule has 0 bridgehead atoms. The van der Waals surface area contributed by atoms with Gasteiger partial charge in [-0.05, 0) is 18.8 Å². The molecule has 2 fully saturated rings. The quantitative estimate of drug-likeness (QED) is 0.896. The number of hydrogen-bond donors (Lipinski definition) is 2. The van der Waals surface area contributed by atoms with Crippen molar-refractivity contribution in [1.82, 2.24) is 15.5 Å². The van der Waals surface area contributed by atoms with E-state index in [1.807, 2.05) is 13.8 Å². The van der Waals surface area contributed by atoms with E-state index in [0.717, 1.165) is 12.1 Å². The van der Waals surface area contributed by atoms with E-state index in [1.54, 1.807) is 0 Å². The fourth-order valence-corrected chi connectivity index (χ4v) is 3.40. The lowest BCUT2D eigenvalue weighted by Gasteiger charge is -2.21. The van der Waals surface area contributed by atoms with Crippen LogP contribution in [0.3, 0.4) is 0 Å². The number of aromatic amines is 1. The molecular formula is C14H19F2N3O. The topological polar surface area (TPSA) is 57.8 Å². The Hall–Kier alpha value is -1.46. The number of alkyl halides is 2. The van der Waals surface area contributed by atoms with Crippen LogP contribution < -0.4 is 5.32 Å². The summed E-state index contributed by atoms with van der Waals surface area (Å²) >= 11 is 0. The molecule has 0 aliphatic heterocycles. The molecule has 20 heavy (non-hydrogen) atoms. The number of H-pyrrole nitrogens is 1. The van der Waals surface area contributed by atoms with E-state index in [1.165, 1.54) is 6.20 Å². The average molecular weight is 283 g/mol. The maximum Gasteiger partial charge on any atom is 0.256 e. The van der Waals surface area contributed by atoms with E-state index in [4.69, 9.17) is 0 Å². The summed E-state index contributed by atoms with van der Waals surface area (Å²) in [6.45, 7) is 3.91. The van der Waals surface area contributed by atoms with Gasteiger partial charge in [-0.1, -0.05) is 20.3 Å². The number of amides is 1. The van der Waals surface area contributed by atoms with Gasteiger partial charge in [-0.3, -0.25) is 9.89 Å². The van der Waals surface area contributed by atoms with Crippen molar-refractivity contribution in [3.05, 3.63) is 17.5 Å². The lowest BCUT2D eigenvalue weighted by molar-refractivity contribution is 0.0770. The van der Waals surface area contributed by atoms with Crippen LogP contribution in [0.2, 0.25) is 0 Å². The summed E-state index contributed by atoms with van der Waals surface area (Å²) in [5.74, 6) is -3.95. The molecular weight excluding hydrogens is 264 g/mol. The van der Waals surface area contributed by atoms with Gasteiger partial charge < -0.3 is 5.32 Å². The van der Waals surface area contributed by atoms with Crippen LogP contribution in [0.5, 0.6) is 0 Å². The zero-order chi connectivity index (χ0) is 14.5. The Bertz CT molecular complexity index is 526. The summed E-state index contributed by atoms with van der Waals surface area (Å²) in [6.07, 6.45) is 3.44. The first kappa shape index (κ1) is 13.5. The summed E-state index contributed by atoms with van der Waals surface area (Å²) in [6, 6.07) is -0.411. The van der Waals surface area contributed by atoms with E-state index in [9.17, 15) is 13.6 Å². The first-order valence-electron chi connectivity index (χ1n) is 7.15. The van der Waals surface area contributed by atoms with Crippen molar-refractivity contribution < 1.29 is 13.6 Å². The Morgan fingerprint density at radius 3 is 2.95 bits per heavy atom. The van der Waals surface area contributed by atoms with E-state index < -0.39 is 23.8 Å². The van der Waals surface area contributed by atoms with Crippen LogP contribution in [0.4, 0.5) is 8.78 Å². The molecule has 6 heteroatoms. The van der Waals surface area contributed by atoms with Crippen LogP contribution in [-0.4, -0.2) is 28.1 Å². The molecule has 3 atom stereocenters. The third kappa shape index (κ3) is 2.01. The number of carbonyl (C=O) groups excluding carboxylic acids is 1. The molecule has 0 radical (unpaired) electrons. The minimum atomic E-state index is -2.59. The number of aromatic nitrogens is 2. The average Bonchev–Trinajstić information content (AvgIpc) is 2.80. The summed E-state index contributed by atoms with van der Waals surface area (Å²) in [4.78, 5) is 12.3. The number of nitrogens with zero attached hydrogens (tertiary/aromatic N) is 1. The van der Waals surface area contributed by atoms with Gasteiger partial charge >= 0.3 is 0 Å². The molecule has 4 nitrogen and oxygen atoms in total. The van der Waals surface area contributed by atoms with Crippen LogP contribution in [0.25, 0.3) is 0 Å². The molecule has 2 aliphatic rings. The second-order valence-electron chi connectivity index (χ2n) is 6.17. The molecule has 2 saturated carbocycles. The van der Waals surface area contributed by atoms with Crippen molar-refractivity contribution in [3.8, 4) is 0 Å². The van der Waals surface area contributed by atoms with Crippen LogP contribution in [0.15, 0.2) is 6.20 Å². The minimum absolute atomic E-state index is 0.139. The van der Waals surface area contributed by atoms with Gasteiger partial charge in [0.1, 0.15) is 0 Å². The third-order valence-corrected chi connectivity index (χ3v) is 4.53. The second-order valence-corrected chi connectivity index (χ2v) is 6.17. The van der Waals surface area contributed by atoms with E-state index >= 15 is 0 Å². The predicted molar refractivity (Wildman–Crippen MR) is 69.7 cm³/mol. The highest BCUT2D eigenvalue weighted by atomic mass is 19.3. The van der Waals surface area contributed by atoms with Gasteiger partial charge in [-0.25, -0.2) is 8.78 Å². The summed E-state index contributed by atoms with van der Waals surface area (Å²) in [5.41, 5.74) is 1.21. The Morgan fingerprint density at radius 2 is 2.25 bits per heavy atom. The standard InChI is InChI=1S/C14H19F2N3O/c1-7(2)12-8(6-17-19-12)13(20)18-10-5-3-4-9-11(10)14(9,15)16/h6-7,9-11H,3-5H2,1-2H3,(H,17,19)(H,18,20). The molecule has 2 N–H and O–H groups in total. The molecule has 1 heterocycles. The maximum absolute atomic E-state index is 13.6. The maximum atomic E-state index is 13.6. The smallest absolute Gasteiger partial charge is 0.256 e. The number of hydrogen-bond acceptors (Lipinski definition) is 2. The normalized spacial score (nSPS) is 30.9. The summed E-state index contributed by atoms with van der Waals surface area (Å²) in [5, 5.41) is 9.47. The van der Waals surface area contributed by atoms with Gasteiger partial charge in [0.25, 0.3) is 11.8 Å². The van der Waals surface area contributed by atoms with Crippen LogP contribution in [-0.2, 0) is 0 Å². The van der Waals surface area contributed by atoms with Crippen LogP contribution in [0.1, 0.15) is 55.1 Å². The fraction of sp³-hybridized carbons (Fsp3) is 0.714. The van der Waals surface area contributed by atoms with E-state index in [2.05, 4.69) is 15.5 Å². The van der Waals surface area contributed by atoms with Crippen molar-refractivity contribution in [3.63, 3.8) is 0 Å². The number of halogens is 2. The first-order valence-corrected chi connectivity index (χ1v) is 7.15. The van der Waals surface area contributed by atoms with Crippen molar-refractivity contribution in [2.45, 2.75) is 51.0 Å². The van der Waals surface area contributed by atoms with Gasteiger partial charge in [-0.2, -0.15) is 5.10 Å². The van der Waals surface area contributed by atoms with Crippen molar-refractivity contribution in [1.29, 1.82) is 0 Å². The van der Waals surface area contributed by atoms with Gasteiger partial charge in [0.15, 0.2) is 0 Å². The highest BCUT2D eigenvalue weighted by Crippen LogP contribution is 2.62. The second kappa shape index (κ2) is 4.53. The monoisotopic (exact) mass is 283 g/mol. The van der Waals surface area contributed by atoms with Crippen molar-refractivity contribution in [2.24, 2.45) is 11.8 Å². The Kier molecular flexibility index (Phi) is 3.06. The fourth-order valence-electron chi connectivity index (χ4n) is 3.40. The Labute approximate surface area is 116 Å². The third-order valence-electron chi connectivity index (χ3n) is 4.53. The van der Waals surface area contributed by atoms with E-state index in [-0.39, 0.29) is 11.8 Å². The molecule has 2 aliphatic carbocycles. The summed E-state index contributed by atoms with van der Waals surface area (Å²) < 4.78 is 27.2. The summed E-state index contributed by atoms with van der Waals surface area (Å²) in [7, 11) is 0. The predicted octanol–water partition coefficient (Wildman–Crippen LogP) is 2.70. The Balaban J connectivity index is 1.72. The van der Waals surface area contributed by atoms with Gasteiger partial charge in [0.05, 0.1) is 23.4 Å². The molecule has 1 aromatic rings. The lowest BCUT2D eigenvalue weighted by atomic mass is 9.95. The largest absolute Gasteiger partial charge is 0.349 e. The highest BCUT2D eigenvalue weighted by molar-refractivity contribution is 5.95. The number of carbonyl (C=O) groups is 1. The minimum Gasteiger partial charge on any atom is -0.349 e. The zero-order valence-electron chi connectivity index (χ0n) is 11.6. The van der Waals surface area contributed by atoms with E-state index in [0.29, 0.717) is 18.4 Å². The molecule has 3 unspecified atom stereocenters. The number of rotatable bonds is 3. The van der Waals surface area contributed by atoms with Crippen molar-refractivity contribution >= 4 is 5.91 Å². The van der Waals surface area contributed by atoms with Crippen molar-refractivity contribution in [2.75, 3.05) is 0 Å².